The number of hydrazone groups is 1. The number of carbonyl (C=O) groups is 3. The van der Waals surface area contributed by atoms with Crippen molar-refractivity contribution >= 4 is 23.9 Å². The van der Waals surface area contributed by atoms with Gasteiger partial charge in [-0.15, -0.1) is 0 Å². The minimum Gasteiger partial charge on any atom is -0.484 e. The van der Waals surface area contributed by atoms with Crippen molar-refractivity contribution in [2.45, 2.75) is 38.5 Å². The van der Waals surface area contributed by atoms with Crippen LogP contribution in [0.3, 0.4) is 0 Å². The van der Waals surface area contributed by atoms with Crippen LogP contribution in [0, 0.1) is 0 Å². The lowest BCUT2D eigenvalue weighted by Gasteiger charge is -2.03. The molecule has 1 rings (SSSR count). The molecule has 0 aromatic heterocycles. The third-order valence-electron chi connectivity index (χ3n) is 3.35. The number of hydrogen-bond donors (Lipinski definition) is 4. The van der Waals surface area contributed by atoms with Crippen LogP contribution in [0.5, 0.6) is 5.75 Å². The maximum Gasteiger partial charge on any atom is 0.255 e. The summed E-state index contributed by atoms with van der Waals surface area (Å²) < 4.78 is 5.13. The van der Waals surface area contributed by atoms with E-state index < -0.39 is 11.8 Å². The van der Waals surface area contributed by atoms with E-state index in [0.29, 0.717) is 25.0 Å². The molecule has 1 aromatic rings. The number of benzene rings is 1. The Labute approximate surface area is 151 Å². The van der Waals surface area contributed by atoms with Gasteiger partial charge in [-0.05, 0) is 42.7 Å². The molecule has 0 spiro atoms. The maximum atomic E-state index is 11.6. The molecule has 9 nitrogen and oxygen atoms in total. The van der Waals surface area contributed by atoms with Crippen LogP contribution in [0.1, 0.15) is 44.1 Å². The number of ether oxygens (including phenoxy) is 1. The molecule has 0 unspecified atom stereocenters. The summed E-state index contributed by atoms with van der Waals surface area (Å²) in [5.41, 5.74) is 9.78. The molecule has 0 aliphatic heterocycles. The van der Waals surface area contributed by atoms with Crippen molar-refractivity contribution in [3.8, 4) is 5.75 Å². The second kappa shape index (κ2) is 12.4. The fourth-order valence-corrected chi connectivity index (χ4v) is 2.02. The Morgan fingerprint density at radius 1 is 1.04 bits per heavy atom. The Morgan fingerprint density at radius 3 is 2.23 bits per heavy atom. The predicted molar refractivity (Wildman–Crippen MR) is 94.5 cm³/mol. The number of hydroxylamine groups is 1. The molecule has 9 heteroatoms. The molecule has 3 amide bonds. The predicted octanol–water partition coefficient (Wildman–Crippen LogP) is 0.847. The van der Waals surface area contributed by atoms with E-state index >= 15 is 0 Å². The molecule has 0 aliphatic rings. The van der Waals surface area contributed by atoms with Crippen molar-refractivity contribution in [1.29, 1.82) is 0 Å². The van der Waals surface area contributed by atoms with E-state index in [1.807, 2.05) is 0 Å². The van der Waals surface area contributed by atoms with Gasteiger partial charge in [0.1, 0.15) is 5.75 Å². The standard InChI is InChI=1S/C17H24N4O5/c18-15(22)12-26-14-9-7-13(8-10-14)11-19-20-16(23)5-3-1-2-4-6-17(24)21-25/h7-11,25H,1-6,12H2,(H2,18,22)(H,20,23)(H,21,24)/b19-11+. The lowest BCUT2D eigenvalue weighted by atomic mass is 10.1. The van der Waals surface area contributed by atoms with Gasteiger partial charge in [0.2, 0.25) is 11.8 Å². The van der Waals surface area contributed by atoms with E-state index in [0.717, 1.165) is 18.4 Å². The third kappa shape index (κ3) is 10.0. The molecule has 5 N–H and O–H groups in total. The number of nitrogens with two attached hydrogens (primary N) is 1. The molecule has 0 radical (unpaired) electrons. The highest BCUT2D eigenvalue weighted by Gasteiger charge is 2.01. The smallest absolute Gasteiger partial charge is 0.255 e. The Morgan fingerprint density at radius 2 is 1.65 bits per heavy atom. The summed E-state index contributed by atoms with van der Waals surface area (Å²) >= 11 is 0. The summed E-state index contributed by atoms with van der Waals surface area (Å²) in [4.78, 5) is 33.1. The topological polar surface area (TPSA) is 143 Å². The maximum absolute atomic E-state index is 11.6. The fourth-order valence-electron chi connectivity index (χ4n) is 2.02. The molecular weight excluding hydrogens is 340 g/mol. The van der Waals surface area contributed by atoms with E-state index in [4.69, 9.17) is 15.7 Å². The lowest BCUT2D eigenvalue weighted by Crippen LogP contribution is -2.20. The SMILES string of the molecule is NC(=O)COc1ccc(/C=N/NC(=O)CCCCCCC(=O)NO)cc1. The van der Waals surface area contributed by atoms with Crippen LogP contribution in [0.15, 0.2) is 29.4 Å². The van der Waals surface area contributed by atoms with E-state index in [-0.39, 0.29) is 18.9 Å². The van der Waals surface area contributed by atoms with E-state index in [1.54, 1.807) is 29.7 Å². The molecule has 142 valence electrons. The number of primary amides is 1. The highest BCUT2D eigenvalue weighted by atomic mass is 16.5. The van der Waals surface area contributed by atoms with Gasteiger partial charge in [0.25, 0.3) is 5.91 Å². The average molecular weight is 364 g/mol. The van der Waals surface area contributed by atoms with Gasteiger partial charge in [0, 0.05) is 12.8 Å². The first kappa shape index (κ1) is 21.1. The zero-order valence-corrected chi connectivity index (χ0v) is 14.4. The summed E-state index contributed by atoms with van der Waals surface area (Å²) in [6.45, 7) is -0.182. The van der Waals surface area contributed by atoms with Gasteiger partial charge < -0.3 is 10.5 Å². The van der Waals surface area contributed by atoms with Crippen LogP contribution < -0.4 is 21.4 Å². The highest BCUT2D eigenvalue weighted by Crippen LogP contribution is 2.10. The average Bonchev–Trinajstić information content (AvgIpc) is 2.63. The summed E-state index contributed by atoms with van der Waals surface area (Å²) in [6, 6.07) is 6.80. The molecule has 1 aromatic carbocycles. The first-order chi connectivity index (χ1) is 12.5. The zero-order chi connectivity index (χ0) is 19.2. The van der Waals surface area contributed by atoms with Gasteiger partial charge in [-0.1, -0.05) is 12.8 Å². The molecule has 0 saturated heterocycles. The Bertz CT molecular complexity index is 616. The van der Waals surface area contributed by atoms with Gasteiger partial charge in [-0.3, -0.25) is 19.6 Å². The minimum atomic E-state index is -0.547. The summed E-state index contributed by atoms with van der Waals surface area (Å²) in [5, 5.41) is 12.2. The summed E-state index contributed by atoms with van der Waals surface area (Å²) in [5.74, 6) is -0.615. The van der Waals surface area contributed by atoms with Gasteiger partial charge in [0.05, 0.1) is 6.21 Å². The summed E-state index contributed by atoms with van der Waals surface area (Å²) in [7, 11) is 0. The van der Waals surface area contributed by atoms with E-state index in [1.165, 1.54) is 6.21 Å². The van der Waals surface area contributed by atoms with E-state index in [2.05, 4.69) is 10.5 Å². The molecule has 26 heavy (non-hydrogen) atoms. The molecule has 0 aliphatic carbocycles. The first-order valence-corrected chi connectivity index (χ1v) is 8.27. The van der Waals surface area contributed by atoms with Crippen molar-refractivity contribution in [1.82, 2.24) is 10.9 Å². The van der Waals surface area contributed by atoms with Gasteiger partial charge in [-0.25, -0.2) is 10.9 Å². The first-order valence-electron chi connectivity index (χ1n) is 8.27. The molecule has 0 fully saturated rings. The number of unbranched alkanes of at least 4 members (excludes halogenated alkanes) is 3. The number of rotatable bonds is 12. The molecule has 0 heterocycles. The van der Waals surface area contributed by atoms with Crippen LogP contribution in [-0.2, 0) is 14.4 Å². The highest BCUT2D eigenvalue weighted by molar-refractivity contribution is 5.82. The van der Waals surface area contributed by atoms with Crippen molar-refractivity contribution in [2.24, 2.45) is 10.8 Å². The monoisotopic (exact) mass is 364 g/mol. The number of nitrogens with zero attached hydrogens (tertiary/aromatic N) is 1. The quantitative estimate of drug-likeness (QED) is 0.188. The van der Waals surface area contributed by atoms with Crippen molar-refractivity contribution in [3.05, 3.63) is 29.8 Å². The second-order valence-electron chi connectivity index (χ2n) is 5.57. The van der Waals surface area contributed by atoms with Crippen LogP contribution >= 0.6 is 0 Å². The Hall–Kier alpha value is -2.94. The number of nitrogens with one attached hydrogen (secondary N) is 2. The van der Waals surface area contributed by atoms with E-state index in [9.17, 15) is 14.4 Å². The number of hydrogen-bond acceptors (Lipinski definition) is 6. The van der Waals surface area contributed by atoms with Crippen molar-refractivity contribution in [2.75, 3.05) is 6.61 Å². The van der Waals surface area contributed by atoms with Crippen LogP contribution in [0.4, 0.5) is 0 Å². The molecule has 0 saturated carbocycles. The summed E-state index contributed by atoms with van der Waals surface area (Å²) in [6.07, 6.45) is 5.14. The largest absolute Gasteiger partial charge is 0.484 e. The second-order valence-corrected chi connectivity index (χ2v) is 5.57. The number of carbonyl (C=O) groups excluding carboxylic acids is 3. The van der Waals surface area contributed by atoms with Gasteiger partial charge in [-0.2, -0.15) is 5.10 Å². The van der Waals surface area contributed by atoms with Crippen LogP contribution in [0.25, 0.3) is 0 Å². The van der Waals surface area contributed by atoms with Crippen LogP contribution in [0.2, 0.25) is 0 Å². The Kier molecular flexibility index (Phi) is 10.1. The third-order valence-corrected chi connectivity index (χ3v) is 3.35. The van der Waals surface area contributed by atoms with Crippen molar-refractivity contribution in [3.63, 3.8) is 0 Å². The molecule has 0 bridgehead atoms. The molecular formula is C17H24N4O5. The molecule has 0 atom stereocenters. The van der Waals surface area contributed by atoms with Crippen molar-refractivity contribution < 1.29 is 24.3 Å². The Balaban J connectivity index is 2.17. The van der Waals surface area contributed by atoms with Crippen LogP contribution in [-0.4, -0.2) is 35.8 Å². The normalized spacial score (nSPS) is 10.5. The zero-order valence-electron chi connectivity index (χ0n) is 14.4. The van der Waals surface area contributed by atoms with Gasteiger partial charge in [0.15, 0.2) is 6.61 Å². The number of amides is 3. The minimum absolute atomic E-state index is 0.182. The fraction of sp³-hybridized carbons (Fsp3) is 0.412. The van der Waals surface area contributed by atoms with Gasteiger partial charge >= 0.3 is 0 Å². The lowest BCUT2D eigenvalue weighted by molar-refractivity contribution is -0.129.